The zero-order valence-electron chi connectivity index (χ0n) is 19.6. The SMILES string of the molecule is CC1=CC(/C=C(/C#N)C(=O)Nc2ccc(Br)cc2)=C(C)[C@H]1c1ccc(OCc2ccccc2)cc1. The summed E-state index contributed by atoms with van der Waals surface area (Å²) in [4.78, 5) is 12.7. The van der Waals surface area contributed by atoms with Gasteiger partial charge in [-0.15, -0.1) is 0 Å². The van der Waals surface area contributed by atoms with E-state index in [-0.39, 0.29) is 11.5 Å². The molecule has 0 fully saturated rings. The van der Waals surface area contributed by atoms with Gasteiger partial charge < -0.3 is 10.1 Å². The van der Waals surface area contributed by atoms with Crippen LogP contribution in [-0.2, 0) is 11.4 Å². The highest BCUT2D eigenvalue weighted by molar-refractivity contribution is 9.10. The molecule has 1 atom stereocenters. The Morgan fingerprint density at radius 3 is 2.37 bits per heavy atom. The number of anilines is 1. The van der Waals surface area contributed by atoms with Crippen LogP contribution in [0.2, 0.25) is 0 Å². The standard InChI is InChI=1S/C30H25BrN2O2/c1-20-16-24(17-25(18-32)30(34)33-27-12-10-26(31)11-13-27)21(2)29(20)23-8-14-28(15-9-23)35-19-22-6-4-3-5-7-22/h3-17,29H,19H2,1-2H3,(H,33,34)/b25-17-/t29-/m0/s1. The lowest BCUT2D eigenvalue weighted by molar-refractivity contribution is -0.112. The molecule has 0 spiro atoms. The molecule has 35 heavy (non-hydrogen) atoms. The summed E-state index contributed by atoms with van der Waals surface area (Å²) in [7, 11) is 0. The summed E-state index contributed by atoms with van der Waals surface area (Å²) in [6.07, 6.45) is 3.72. The van der Waals surface area contributed by atoms with Gasteiger partial charge in [0.1, 0.15) is 24.0 Å². The second-order valence-electron chi connectivity index (χ2n) is 8.43. The molecule has 0 saturated heterocycles. The Hall–Kier alpha value is -3.88. The summed E-state index contributed by atoms with van der Waals surface area (Å²) < 4.78 is 6.83. The molecular weight excluding hydrogens is 500 g/mol. The Morgan fingerprint density at radius 1 is 1.03 bits per heavy atom. The first-order valence-electron chi connectivity index (χ1n) is 11.3. The van der Waals surface area contributed by atoms with Crippen LogP contribution in [0.5, 0.6) is 5.75 Å². The Labute approximate surface area is 214 Å². The van der Waals surface area contributed by atoms with Crippen LogP contribution >= 0.6 is 15.9 Å². The number of hydrogen-bond acceptors (Lipinski definition) is 3. The first-order valence-corrected chi connectivity index (χ1v) is 12.1. The van der Waals surface area contributed by atoms with Gasteiger partial charge in [0.05, 0.1) is 0 Å². The van der Waals surface area contributed by atoms with Crippen LogP contribution < -0.4 is 10.1 Å². The molecule has 0 heterocycles. The summed E-state index contributed by atoms with van der Waals surface area (Å²) in [5.74, 6) is 0.485. The number of allylic oxidation sites excluding steroid dienone is 5. The highest BCUT2D eigenvalue weighted by atomic mass is 79.9. The quantitative estimate of drug-likeness (QED) is 0.257. The van der Waals surface area contributed by atoms with Crippen molar-refractivity contribution in [2.75, 3.05) is 5.32 Å². The molecule has 0 radical (unpaired) electrons. The van der Waals surface area contributed by atoms with Crippen molar-refractivity contribution < 1.29 is 9.53 Å². The Morgan fingerprint density at radius 2 is 1.71 bits per heavy atom. The number of amides is 1. The van der Waals surface area contributed by atoms with E-state index in [1.807, 2.05) is 73.7 Å². The minimum atomic E-state index is -0.426. The van der Waals surface area contributed by atoms with E-state index in [2.05, 4.69) is 40.3 Å². The van der Waals surface area contributed by atoms with Crippen LogP contribution in [0.15, 0.2) is 118 Å². The summed E-state index contributed by atoms with van der Waals surface area (Å²) in [6, 6.07) is 27.5. The predicted molar refractivity (Wildman–Crippen MR) is 143 cm³/mol. The van der Waals surface area contributed by atoms with Crippen LogP contribution in [0.3, 0.4) is 0 Å². The third kappa shape index (κ3) is 5.98. The number of nitrogens with zero attached hydrogens (tertiary/aromatic N) is 1. The van der Waals surface area contributed by atoms with Crippen LogP contribution in [0, 0.1) is 11.3 Å². The van der Waals surface area contributed by atoms with Gasteiger partial charge in [0.15, 0.2) is 0 Å². The van der Waals surface area contributed by atoms with Gasteiger partial charge in [-0.3, -0.25) is 4.79 Å². The summed E-state index contributed by atoms with van der Waals surface area (Å²) in [5.41, 5.74) is 6.12. The maximum atomic E-state index is 12.7. The molecule has 1 aliphatic carbocycles. The molecule has 3 aromatic rings. The molecule has 1 aliphatic rings. The van der Waals surface area contributed by atoms with Crippen LogP contribution in [0.25, 0.3) is 0 Å². The minimum Gasteiger partial charge on any atom is -0.489 e. The lowest BCUT2D eigenvalue weighted by Gasteiger charge is -2.16. The number of benzene rings is 3. The highest BCUT2D eigenvalue weighted by Gasteiger charge is 2.24. The Bertz CT molecular complexity index is 1350. The van der Waals surface area contributed by atoms with E-state index >= 15 is 0 Å². The van der Waals surface area contributed by atoms with Gasteiger partial charge in [0, 0.05) is 16.1 Å². The predicted octanol–water partition coefficient (Wildman–Crippen LogP) is 7.48. The fourth-order valence-electron chi connectivity index (χ4n) is 4.15. The first-order chi connectivity index (χ1) is 16.9. The summed E-state index contributed by atoms with van der Waals surface area (Å²) in [5, 5.41) is 12.4. The minimum absolute atomic E-state index is 0.0663. The monoisotopic (exact) mass is 524 g/mol. The van der Waals surface area contributed by atoms with Gasteiger partial charge in [0.25, 0.3) is 5.91 Å². The molecule has 174 valence electrons. The molecule has 1 amide bonds. The smallest absolute Gasteiger partial charge is 0.266 e. The van der Waals surface area contributed by atoms with E-state index < -0.39 is 5.91 Å². The molecule has 1 N–H and O–H groups in total. The molecule has 4 nitrogen and oxygen atoms in total. The van der Waals surface area contributed by atoms with E-state index in [1.54, 1.807) is 18.2 Å². The summed E-state index contributed by atoms with van der Waals surface area (Å²) in [6.45, 7) is 4.64. The molecular formula is C30H25BrN2O2. The molecule has 0 saturated carbocycles. The van der Waals surface area contributed by atoms with Crippen LogP contribution in [0.1, 0.15) is 30.9 Å². The maximum Gasteiger partial charge on any atom is 0.266 e. The van der Waals surface area contributed by atoms with Crippen molar-refractivity contribution in [3.05, 3.63) is 129 Å². The lowest BCUT2D eigenvalue weighted by atomic mass is 9.89. The number of halogens is 1. The van der Waals surface area contributed by atoms with Crippen molar-refractivity contribution in [1.82, 2.24) is 0 Å². The van der Waals surface area contributed by atoms with Crippen molar-refractivity contribution in [2.24, 2.45) is 0 Å². The van der Waals surface area contributed by atoms with E-state index in [9.17, 15) is 10.1 Å². The van der Waals surface area contributed by atoms with Gasteiger partial charge in [-0.05, 0) is 73.0 Å². The molecule has 0 unspecified atom stereocenters. The van der Waals surface area contributed by atoms with E-state index in [4.69, 9.17) is 4.74 Å². The Kier molecular flexibility index (Phi) is 7.64. The number of hydrogen-bond donors (Lipinski definition) is 1. The molecule has 0 aliphatic heterocycles. The normalized spacial score (nSPS) is 15.4. The number of carbonyl (C=O) groups is 1. The average Bonchev–Trinajstić information content (AvgIpc) is 3.16. The average molecular weight is 525 g/mol. The largest absolute Gasteiger partial charge is 0.489 e. The van der Waals surface area contributed by atoms with Crippen LogP contribution in [0.4, 0.5) is 5.69 Å². The highest BCUT2D eigenvalue weighted by Crippen LogP contribution is 2.40. The van der Waals surface area contributed by atoms with E-state index in [0.29, 0.717) is 12.3 Å². The van der Waals surface area contributed by atoms with Crippen molar-refractivity contribution >= 4 is 27.5 Å². The molecule has 3 aromatic carbocycles. The number of nitriles is 1. The van der Waals surface area contributed by atoms with Crippen molar-refractivity contribution in [1.29, 1.82) is 5.26 Å². The zero-order chi connectivity index (χ0) is 24.8. The zero-order valence-corrected chi connectivity index (χ0v) is 21.2. The maximum absolute atomic E-state index is 12.7. The third-order valence-electron chi connectivity index (χ3n) is 5.96. The number of nitrogens with one attached hydrogen (secondary N) is 1. The number of ether oxygens (including phenoxy) is 1. The molecule has 4 rings (SSSR count). The Balaban J connectivity index is 1.48. The molecule has 5 heteroatoms. The van der Waals surface area contributed by atoms with Crippen LogP contribution in [-0.4, -0.2) is 5.91 Å². The fraction of sp³-hybridized carbons (Fsp3) is 0.133. The number of rotatable bonds is 7. The molecule has 0 aromatic heterocycles. The lowest BCUT2D eigenvalue weighted by Crippen LogP contribution is -2.13. The van der Waals surface area contributed by atoms with Crippen molar-refractivity contribution in [2.45, 2.75) is 26.4 Å². The van der Waals surface area contributed by atoms with E-state index in [1.165, 1.54) is 0 Å². The van der Waals surface area contributed by atoms with Gasteiger partial charge >= 0.3 is 0 Å². The van der Waals surface area contributed by atoms with Gasteiger partial charge in [-0.2, -0.15) is 5.26 Å². The van der Waals surface area contributed by atoms with Crippen molar-refractivity contribution in [3.63, 3.8) is 0 Å². The van der Waals surface area contributed by atoms with Gasteiger partial charge in [0.2, 0.25) is 0 Å². The second kappa shape index (κ2) is 11.0. The topological polar surface area (TPSA) is 62.1 Å². The molecule has 0 bridgehead atoms. The summed E-state index contributed by atoms with van der Waals surface area (Å²) >= 11 is 3.37. The van der Waals surface area contributed by atoms with E-state index in [0.717, 1.165) is 38.1 Å². The van der Waals surface area contributed by atoms with Crippen molar-refractivity contribution in [3.8, 4) is 11.8 Å². The fourth-order valence-corrected chi connectivity index (χ4v) is 4.42. The van der Waals surface area contributed by atoms with Gasteiger partial charge in [-0.25, -0.2) is 0 Å². The number of carbonyl (C=O) groups excluding carboxylic acids is 1. The first kappa shape index (κ1) is 24.3. The second-order valence-corrected chi connectivity index (χ2v) is 9.35. The third-order valence-corrected chi connectivity index (χ3v) is 6.48. The van der Waals surface area contributed by atoms with Gasteiger partial charge in [-0.1, -0.05) is 75.6 Å².